The maximum Gasteiger partial charge on any atom is 0.344 e. The van der Waals surface area contributed by atoms with Gasteiger partial charge in [0.05, 0.1) is 15.7 Å². The van der Waals surface area contributed by atoms with Gasteiger partial charge in [-0.3, -0.25) is 9.59 Å². The molecular weight excluding hydrogens is 395 g/mol. The summed E-state index contributed by atoms with van der Waals surface area (Å²) in [7, 11) is 0. The van der Waals surface area contributed by atoms with Gasteiger partial charge in [-0.1, -0.05) is 35.3 Å². The number of Topliss-reactive ketones (excluding diaryl/α,β-unsaturated/α-hetero) is 1. The van der Waals surface area contributed by atoms with Crippen molar-refractivity contribution in [3.05, 3.63) is 51.6 Å². The van der Waals surface area contributed by atoms with E-state index in [4.69, 9.17) is 32.7 Å². The van der Waals surface area contributed by atoms with Crippen LogP contribution in [0.15, 0.2) is 30.3 Å². The van der Waals surface area contributed by atoms with Crippen molar-refractivity contribution in [1.82, 2.24) is 4.98 Å². The zero-order valence-electron chi connectivity index (χ0n) is 14.5. The Hall–Kier alpha value is -2.64. The highest BCUT2D eigenvalue weighted by Gasteiger charge is 2.13. The molecule has 0 aliphatic carbocycles. The Morgan fingerprint density at radius 2 is 1.85 bits per heavy atom. The van der Waals surface area contributed by atoms with Crippen LogP contribution in [0.25, 0.3) is 0 Å². The lowest BCUT2D eigenvalue weighted by molar-refractivity contribution is -0.149. The van der Waals surface area contributed by atoms with Gasteiger partial charge in [-0.25, -0.2) is 9.78 Å². The number of nitrogens with zero attached hydrogens (tertiary/aromatic N) is 1. The Balaban J connectivity index is 1.81. The van der Waals surface area contributed by atoms with E-state index in [2.05, 4.69) is 10.3 Å². The van der Waals surface area contributed by atoms with Gasteiger partial charge in [0.25, 0.3) is 5.91 Å². The number of esters is 1. The molecule has 2 aromatic rings. The lowest BCUT2D eigenvalue weighted by Crippen LogP contribution is -2.24. The maximum absolute atomic E-state index is 11.9. The first-order valence-corrected chi connectivity index (χ1v) is 8.53. The van der Waals surface area contributed by atoms with Gasteiger partial charge in [0.1, 0.15) is 5.75 Å². The summed E-state index contributed by atoms with van der Waals surface area (Å²) in [5.74, 6) is -1.01. The smallest absolute Gasteiger partial charge is 0.344 e. The number of halogens is 2. The summed E-state index contributed by atoms with van der Waals surface area (Å²) in [5.41, 5.74) is 0.956. The lowest BCUT2D eigenvalue weighted by atomic mass is 10.1. The number of ketones is 1. The number of nitrogens with one attached hydrogen (secondary N) is 1. The third-order valence-corrected chi connectivity index (χ3v) is 3.99. The van der Waals surface area contributed by atoms with Crippen LogP contribution >= 0.6 is 23.2 Å². The fourth-order valence-electron chi connectivity index (χ4n) is 1.95. The van der Waals surface area contributed by atoms with Crippen LogP contribution < -0.4 is 10.1 Å². The predicted molar refractivity (Wildman–Crippen MR) is 101 cm³/mol. The molecule has 1 aromatic carbocycles. The number of pyridine rings is 1. The molecule has 1 amide bonds. The number of hydrogen-bond acceptors (Lipinski definition) is 6. The maximum atomic E-state index is 11.9. The molecular formula is C18H16Cl2N2O5. The second kappa shape index (κ2) is 9.34. The largest absolute Gasteiger partial charge is 0.482 e. The number of amides is 1. The molecule has 0 atom stereocenters. The third-order valence-electron chi connectivity index (χ3n) is 3.32. The van der Waals surface area contributed by atoms with E-state index in [-0.39, 0.29) is 16.6 Å². The van der Waals surface area contributed by atoms with Crippen molar-refractivity contribution < 1.29 is 23.9 Å². The van der Waals surface area contributed by atoms with E-state index >= 15 is 0 Å². The van der Waals surface area contributed by atoms with Gasteiger partial charge in [0.15, 0.2) is 24.8 Å². The average Bonchev–Trinajstić information content (AvgIpc) is 2.63. The molecule has 0 fully saturated rings. The van der Waals surface area contributed by atoms with Gasteiger partial charge in [0.2, 0.25) is 0 Å². The molecule has 142 valence electrons. The van der Waals surface area contributed by atoms with Gasteiger partial charge >= 0.3 is 5.97 Å². The quantitative estimate of drug-likeness (QED) is 0.554. The Morgan fingerprint density at radius 3 is 2.56 bits per heavy atom. The summed E-state index contributed by atoms with van der Waals surface area (Å²) >= 11 is 11.8. The zero-order valence-corrected chi connectivity index (χ0v) is 16.1. The summed E-state index contributed by atoms with van der Waals surface area (Å²) < 4.78 is 10.1. The van der Waals surface area contributed by atoms with Crippen LogP contribution in [0.1, 0.15) is 23.0 Å². The molecule has 0 spiro atoms. The summed E-state index contributed by atoms with van der Waals surface area (Å²) in [6.45, 7) is 2.14. The number of rotatable bonds is 7. The Bertz CT molecular complexity index is 886. The van der Waals surface area contributed by atoms with Crippen LogP contribution in [0.3, 0.4) is 0 Å². The van der Waals surface area contributed by atoms with E-state index in [1.54, 1.807) is 25.1 Å². The first-order chi connectivity index (χ1) is 12.8. The monoisotopic (exact) mass is 410 g/mol. The average molecular weight is 411 g/mol. The fraction of sp³-hybridized carbons (Fsp3) is 0.222. The van der Waals surface area contributed by atoms with E-state index < -0.39 is 25.1 Å². The second-order valence-corrected chi connectivity index (χ2v) is 6.28. The molecule has 1 aromatic heterocycles. The molecule has 1 N–H and O–H groups in total. The van der Waals surface area contributed by atoms with Crippen LogP contribution in [-0.4, -0.2) is 35.9 Å². The molecule has 9 heteroatoms. The van der Waals surface area contributed by atoms with Crippen LogP contribution in [-0.2, 0) is 14.3 Å². The number of aromatic nitrogens is 1. The van der Waals surface area contributed by atoms with E-state index in [0.29, 0.717) is 22.0 Å². The number of anilines is 1. The fourth-order valence-corrected chi connectivity index (χ4v) is 2.36. The van der Waals surface area contributed by atoms with Crippen LogP contribution in [0, 0.1) is 6.92 Å². The standard InChI is InChI=1S/C18H16Cl2N2O5/c1-10-14(19)7-15(20)18(21-10)22-16(24)8-27-17(25)9-26-13-5-3-4-12(6-13)11(2)23/h3-7H,8-9H2,1-2H3,(H,21,22,24). The molecule has 0 saturated heterocycles. The normalized spacial score (nSPS) is 10.2. The Labute approximate surface area is 165 Å². The van der Waals surface area contributed by atoms with Gasteiger partial charge in [-0.2, -0.15) is 0 Å². The van der Waals surface area contributed by atoms with E-state index in [1.807, 2.05) is 0 Å². The molecule has 2 rings (SSSR count). The van der Waals surface area contributed by atoms with Crippen LogP contribution in [0.4, 0.5) is 5.82 Å². The highest BCUT2D eigenvalue weighted by Crippen LogP contribution is 2.25. The number of hydrogen-bond donors (Lipinski definition) is 1. The Kier molecular flexibility index (Phi) is 7.15. The number of ether oxygens (including phenoxy) is 2. The van der Waals surface area contributed by atoms with Gasteiger partial charge in [0, 0.05) is 5.56 Å². The van der Waals surface area contributed by atoms with Gasteiger partial charge in [-0.15, -0.1) is 0 Å². The summed E-state index contributed by atoms with van der Waals surface area (Å²) in [6, 6.07) is 7.84. The van der Waals surface area contributed by atoms with Crippen molar-refractivity contribution in [2.75, 3.05) is 18.5 Å². The van der Waals surface area contributed by atoms with Crippen molar-refractivity contribution in [3.63, 3.8) is 0 Å². The molecule has 7 nitrogen and oxygen atoms in total. The molecule has 0 unspecified atom stereocenters. The predicted octanol–water partition coefficient (Wildman–Crippen LogP) is 3.46. The number of carbonyl (C=O) groups excluding carboxylic acids is 3. The molecule has 1 heterocycles. The molecule has 0 saturated carbocycles. The summed E-state index contributed by atoms with van der Waals surface area (Å²) in [5, 5.41) is 2.97. The van der Waals surface area contributed by atoms with Crippen LogP contribution in [0.2, 0.25) is 10.0 Å². The van der Waals surface area contributed by atoms with Gasteiger partial charge in [-0.05, 0) is 32.0 Å². The zero-order chi connectivity index (χ0) is 20.0. The van der Waals surface area contributed by atoms with Crippen LogP contribution in [0.5, 0.6) is 5.75 Å². The SMILES string of the molecule is CC(=O)c1cccc(OCC(=O)OCC(=O)Nc2nc(C)c(Cl)cc2Cl)c1. The molecule has 0 aliphatic rings. The molecule has 27 heavy (non-hydrogen) atoms. The molecule has 0 aliphatic heterocycles. The number of aryl methyl sites for hydroxylation is 1. The second-order valence-electron chi connectivity index (χ2n) is 5.47. The minimum Gasteiger partial charge on any atom is -0.482 e. The van der Waals surface area contributed by atoms with Crippen molar-refractivity contribution in [2.24, 2.45) is 0 Å². The highest BCUT2D eigenvalue weighted by molar-refractivity contribution is 6.36. The molecule has 0 radical (unpaired) electrons. The first-order valence-electron chi connectivity index (χ1n) is 7.78. The topological polar surface area (TPSA) is 94.6 Å². The van der Waals surface area contributed by atoms with Gasteiger partial charge < -0.3 is 14.8 Å². The minimum absolute atomic E-state index is 0.121. The van der Waals surface area contributed by atoms with Crippen molar-refractivity contribution in [1.29, 1.82) is 0 Å². The summed E-state index contributed by atoms with van der Waals surface area (Å²) in [6.07, 6.45) is 0. The van der Waals surface area contributed by atoms with E-state index in [1.165, 1.54) is 19.1 Å². The first kappa shape index (κ1) is 20.7. The van der Waals surface area contributed by atoms with E-state index in [9.17, 15) is 14.4 Å². The van der Waals surface area contributed by atoms with Crippen molar-refractivity contribution >= 4 is 46.7 Å². The molecule has 0 bridgehead atoms. The lowest BCUT2D eigenvalue weighted by Gasteiger charge is -2.09. The summed E-state index contributed by atoms with van der Waals surface area (Å²) in [4.78, 5) is 38.9. The van der Waals surface area contributed by atoms with Crippen molar-refractivity contribution in [2.45, 2.75) is 13.8 Å². The minimum atomic E-state index is -0.746. The number of carbonyl (C=O) groups is 3. The Morgan fingerprint density at radius 1 is 1.11 bits per heavy atom. The third kappa shape index (κ3) is 6.23. The number of benzene rings is 1. The highest BCUT2D eigenvalue weighted by atomic mass is 35.5. The van der Waals surface area contributed by atoms with Crippen molar-refractivity contribution in [3.8, 4) is 5.75 Å². The van der Waals surface area contributed by atoms with E-state index in [0.717, 1.165) is 0 Å².